The average Bonchev–Trinajstić information content (AvgIpc) is 2.46. The van der Waals surface area contributed by atoms with E-state index in [1.807, 2.05) is 17.8 Å². The monoisotopic (exact) mass is 287 g/mol. The van der Waals surface area contributed by atoms with E-state index in [1.165, 1.54) is 4.90 Å². The predicted octanol–water partition coefficient (Wildman–Crippen LogP) is 3.93. The largest absolute Gasteiger partial charge is 0.492 e. The lowest BCUT2D eigenvalue weighted by atomic mass is 10.1. The molecule has 3 heteroatoms. The Labute approximate surface area is 125 Å². The van der Waals surface area contributed by atoms with Crippen LogP contribution < -0.4 is 10.5 Å². The van der Waals surface area contributed by atoms with Crippen LogP contribution in [0.3, 0.4) is 0 Å². The van der Waals surface area contributed by atoms with Crippen molar-refractivity contribution >= 4 is 11.8 Å². The second-order valence-electron chi connectivity index (χ2n) is 4.77. The first-order chi connectivity index (χ1) is 9.70. The summed E-state index contributed by atoms with van der Waals surface area (Å²) < 4.78 is 5.93. The molecule has 2 aromatic rings. The van der Waals surface area contributed by atoms with Crippen molar-refractivity contribution in [3.05, 3.63) is 59.2 Å². The zero-order chi connectivity index (χ0) is 14.4. The summed E-state index contributed by atoms with van der Waals surface area (Å²) >= 11 is 1.81. The number of rotatable bonds is 6. The molecule has 20 heavy (non-hydrogen) atoms. The van der Waals surface area contributed by atoms with Gasteiger partial charge in [-0.2, -0.15) is 0 Å². The van der Waals surface area contributed by atoms with Gasteiger partial charge in [-0.3, -0.25) is 0 Å². The first-order valence-electron chi connectivity index (χ1n) is 6.81. The zero-order valence-corrected chi connectivity index (χ0v) is 12.9. The summed E-state index contributed by atoms with van der Waals surface area (Å²) in [5.41, 5.74) is 9.16. The summed E-state index contributed by atoms with van der Waals surface area (Å²) in [6, 6.07) is 14.6. The Morgan fingerprint density at radius 1 is 1.05 bits per heavy atom. The standard InChI is InChI=1S/C17H21NOS/c1-13-10-15(12-18)11-14(2)17(13)19-8-9-20-16-6-4-3-5-7-16/h3-7,10-11H,8-9,12,18H2,1-2H3. The minimum atomic E-state index is 0.575. The second kappa shape index (κ2) is 7.36. The van der Waals surface area contributed by atoms with Crippen molar-refractivity contribution in [1.82, 2.24) is 0 Å². The molecule has 2 nitrogen and oxygen atoms in total. The van der Waals surface area contributed by atoms with Crippen LogP contribution in [0, 0.1) is 13.8 Å². The first-order valence-corrected chi connectivity index (χ1v) is 7.80. The Kier molecular flexibility index (Phi) is 5.50. The highest BCUT2D eigenvalue weighted by Gasteiger charge is 2.06. The molecular formula is C17H21NOS. The lowest BCUT2D eigenvalue weighted by Crippen LogP contribution is -2.05. The SMILES string of the molecule is Cc1cc(CN)cc(C)c1OCCSc1ccccc1. The van der Waals surface area contributed by atoms with E-state index in [0.717, 1.165) is 28.2 Å². The molecule has 2 aromatic carbocycles. The van der Waals surface area contributed by atoms with E-state index in [2.05, 4.69) is 50.2 Å². The van der Waals surface area contributed by atoms with Gasteiger partial charge in [-0.15, -0.1) is 11.8 Å². The molecule has 0 spiro atoms. The molecule has 2 rings (SSSR count). The molecule has 0 amide bonds. The number of ether oxygens (including phenoxy) is 1. The van der Waals surface area contributed by atoms with E-state index in [-0.39, 0.29) is 0 Å². The molecule has 0 aromatic heterocycles. The smallest absolute Gasteiger partial charge is 0.125 e. The topological polar surface area (TPSA) is 35.2 Å². The summed E-state index contributed by atoms with van der Waals surface area (Å²) in [5.74, 6) is 1.94. The van der Waals surface area contributed by atoms with E-state index in [4.69, 9.17) is 10.5 Å². The number of aryl methyl sites for hydroxylation is 2. The maximum atomic E-state index is 5.93. The molecule has 0 atom stereocenters. The molecule has 0 aliphatic heterocycles. The van der Waals surface area contributed by atoms with E-state index in [9.17, 15) is 0 Å². The lowest BCUT2D eigenvalue weighted by molar-refractivity contribution is 0.339. The van der Waals surface area contributed by atoms with E-state index in [0.29, 0.717) is 13.2 Å². The van der Waals surface area contributed by atoms with E-state index >= 15 is 0 Å². The van der Waals surface area contributed by atoms with Crippen LogP contribution in [0.5, 0.6) is 5.75 Å². The van der Waals surface area contributed by atoms with Crippen LogP contribution in [-0.2, 0) is 6.54 Å². The fraction of sp³-hybridized carbons (Fsp3) is 0.294. The van der Waals surface area contributed by atoms with Crippen LogP contribution in [-0.4, -0.2) is 12.4 Å². The highest BCUT2D eigenvalue weighted by atomic mass is 32.2. The fourth-order valence-electron chi connectivity index (χ4n) is 2.21. The van der Waals surface area contributed by atoms with Gasteiger partial charge in [0.1, 0.15) is 5.75 Å². The summed E-state index contributed by atoms with van der Waals surface area (Å²) in [4.78, 5) is 1.28. The molecule has 2 N–H and O–H groups in total. The fourth-order valence-corrected chi connectivity index (χ4v) is 2.96. The minimum absolute atomic E-state index is 0.575. The van der Waals surface area contributed by atoms with Crippen molar-refractivity contribution in [2.24, 2.45) is 5.73 Å². The Balaban J connectivity index is 1.88. The maximum absolute atomic E-state index is 5.93. The van der Waals surface area contributed by atoms with Crippen molar-refractivity contribution in [1.29, 1.82) is 0 Å². The summed E-state index contributed by atoms with van der Waals surface area (Å²) in [6.07, 6.45) is 0. The molecule has 0 unspecified atom stereocenters. The molecule has 0 saturated carbocycles. The summed E-state index contributed by atoms with van der Waals surface area (Å²) in [6.45, 7) is 5.44. The third-order valence-corrected chi connectivity index (χ3v) is 4.07. The van der Waals surface area contributed by atoms with E-state index < -0.39 is 0 Å². The van der Waals surface area contributed by atoms with Crippen LogP contribution in [0.1, 0.15) is 16.7 Å². The molecular weight excluding hydrogens is 266 g/mol. The molecule has 0 saturated heterocycles. The zero-order valence-electron chi connectivity index (χ0n) is 12.1. The molecule has 0 aliphatic carbocycles. The molecule has 0 bridgehead atoms. The molecule has 106 valence electrons. The summed E-state index contributed by atoms with van der Waals surface area (Å²) in [7, 11) is 0. The van der Waals surface area contributed by atoms with Gasteiger partial charge in [0.05, 0.1) is 6.61 Å². The van der Waals surface area contributed by atoms with Gasteiger partial charge in [-0.05, 0) is 42.7 Å². The Morgan fingerprint density at radius 2 is 1.70 bits per heavy atom. The molecule has 0 aliphatic rings. The lowest BCUT2D eigenvalue weighted by Gasteiger charge is -2.13. The van der Waals surface area contributed by atoms with E-state index in [1.54, 1.807) is 0 Å². The number of hydrogen-bond acceptors (Lipinski definition) is 3. The van der Waals surface area contributed by atoms with Crippen molar-refractivity contribution in [3.63, 3.8) is 0 Å². The normalized spacial score (nSPS) is 10.6. The maximum Gasteiger partial charge on any atom is 0.125 e. The highest BCUT2D eigenvalue weighted by Crippen LogP contribution is 2.25. The van der Waals surface area contributed by atoms with Gasteiger partial charge < -0.3 is 10.5 Å². The van der Waals surface area contributed by atoms with Gasteiger partial charge in [0.2, 0.25) is 0 Å². The van der Waals surface area contributed by atoms with Crippen LogP contribution in [0.2, 0.25) is 0 Å². The van der Waals surface area contributed by atoms with Crippen molar-refractivity contribution < 1.29 is 4.74 Å². The Hall–Kier alpha value is -1.45. The van der Waals surface area contributed by atoms with Crippen LogP contribution in [0.15, 0.2) is 47.4 Å². The van der Waals surface area contributed by atoms with Gasteiger partial charge in [0.15, 0.2) is 0 Å². The van der Waals surface area contributed by atoms with Crippen molar-refractivity contribution in [2.45, 2.75) is 25.3 Å². The summed E-state index contributed by atoms with van der Waals surface area (Å²) in [5, 5.41) is 0. The van der Waals surface area contributed by atoms with Gasteiger partial charge in [-0.1, -0.05) is 30.3 Å². The third kappa shape index (κ3) is 4.02. The Bertz CT molecular complexity index is 531. The number of hydrogen-bond donors (Lipinski definition) is 1. The van der Waals surface area contributed by atoms with Crippen molar-refractivity contribution in [3.8, 4) is 5.75 Å². The van der Waals surface area contributed by atoms with Gasteiger partial charge in [-0.25, -0.2) is 0 Å². The quantitative estimate of drug-likeness (QED) is 0.646. The predicted molar refractivity (Wildman–Crippen MR) is 86.5 cm³/mol. The van der Waals surface area contributed by atoms with Gasteiger partial charge in [0, 0.05) is 17.2 Å². The third-order valence-electron chi connectivity index (χ3n) is 3.10. The highest BCUT2D eigenvalue weighted by molar-refractivity contribution is 7.99. The van der Waals surface area contributed by atoms with Crippen LogP contribution >= 0.6 is 11.8 Å². The molecule has 0 radical (unpaired) electrons. The Morgan fingerprint density at radius 3 is 2.30 bits per heavy atom. The molecule has 0 fully saturated rings. The average molecular weight is 287 g/mol. The first kappa shape index (κ1) is 14.9. The van der Waals surface area contributed by atoms with Gasteiger partial charge in [0.25, 0.3) is 0 Å². The van der Waals surface area contributed by atoms with Crippen LogP contribution in [0.25, 0.3) is 0 Å². The number of nitrogens with two attached hydrogens (primary N) is 1. The van der Waals surface area contributed by atoms with Crippen LogP contribution in [0.4, 0.5) is 0 Å². The minimum Gasteiger partial charge on any atom is -0.492 e. The molecule has 0 heterocycles. The van der Waals surface area contributed by atoms with Crippen molar-refractivity contribution in [2.75, 3.05) is 12.4 Å². The van der Waals surface area contributed by atoms with Gasteiger partial charge >= 0.3 is 0 Å². The number of benzene rings is 2. The number of thioether (sulfide) groups is 1. The second-order valence-corrected chi connectivity index (χ2v) is 5.94.